The van der Waals surface area contributed by atoms with Crippen LogP contribution in [0.2, 0.25) is 0 Å². The van der Waals surface area contributed by atoms with Crippen LogP contribution < -0.4 is 10.3 Å². The molecule has 1 atom stereocenters. The number of hydrogen-bond acceptors (Lipinski definition) is 6. The van der Waals surface area contributed by atoms with Crippen molar-refractivity contribution in [3.63, 3.8) is 0 Å². The van der Waals surface area contributed by atoms with Crippen LogP contribution in [0.5, 0.6) is 5.75 Å². The number of pyridine rings is 1. The van der Waals surface area contributed by atoms with Crippen molar-refractivity contribution in [2.75, 3.05) is 26.8 Å². The molecule has 0 aliphatic carbocycles. The Bertz CT molecular complexity index is 1210. The van der Waals surface area contributed by atoms with E-state index in [0.717, 1.165) is 34.7 Å². The maximum atomic E-state index is 12.9. The molecule has 1 amide bonds. The number of ether oxygens (including phenoxy) is 2. The Balaban J connectivity index is 1.48. The highest BCUT2D eigenvalue weighted by atomic mass is 16.5. The van der Waals surface area contributed by atoms with E-state index in [1.54, 1.807) is 25.0 Å². The minimum absolute atomic E-state index is 0.0877. The molecule has 0 unspecified atom stereocenters. The maximum absolute atomic E-state index is 12.9. The fraction of sp³-hybridized carbons (Fsp3) is 0.360. The first kappa shape index (κ1) is 22.7. The largest absolute Gasteiger partial charge is 0.497 e. The third kappa shape index (κ3) is 5.64. The molecule has 1 aliphatic rings. The minimum atomic E-state index is -0.325. The fourth-order valence-electron chi connectivity index (χ4n) is 4.00. The Morgan fingerprint density at radius 2 is 1.97 bits per heavy atom. The monoisotopic (exact) mass is 448 g/mol. The summed E-state index contributed by atoms with van der Waals surface area (Å²) in [5, 5.41) is 4.16. The van der Waals surface area contributed by atoms with Gasteiger partial charge in [0, 0.05) is 18.3 Å². The molecule has 1 aliphatic heterocycles. The summed E-state index contributed by atoms with van der Waals surface area (Å²) in [6.45, 7) is 4.92. The fourth-order valence-corrected chi connectivity index (χ4v) is 4.00. The van der Waals surface area contributed by atoms with Crippen LogP contribution in [0.4, 0.5) is 0 Å². The van der Waals surface area contributed by atoms with E-state index in [-0.39, 0.29) is 24.1 Å². The topological polar surface area (TPSA) is 86.5 Å². The number of methoxy groups -OCH3 is 1. The van der Waals surface area contributed by atoms with Gasteiger partial charge >= 0.3 is 0 Å². The lowest BCUT2D eigenvalue weighted by molar-refractivity contribution is -0.140. The highest BCUT2D eigenvalue weighted by Gasteiger charge is 2.27. The molecule has 0 bridgehead atoms. The van der Waals surface area contributed by atoms with Crippen molar-refractivity contribution in [3.05, 3.63) is 87.1 Å². The predicted octanol–water partition coefficient (Wildman–Crippen LogP) is 2.45. The molecule has 8 nitrogen and oxygen atoms in total. The second kappa shape index (κ2) is 9.95. The number of hydrogen-bond donors (Lipinski definition) is 0. The van der Waals surface area contributed by atoms with Gasteiger partial charge < -0.3 is 14.4 Å². The van der Waals surface area contributed by atoms with Gasteiger partial charge in [-0.2, -0.15) is 5.10 Å². The summed E-state index contributed by atoms with van der Waals surface area (Å²) in [6, 6.07) is 15.2. The quantitative estimate of drug-likeness (QED) is 0.576. The Kier molecular flexibility index (Phi) is 6.84. The molecule has 1 fully saturated rings. The van der Waals surface area contributed by atoms with Gasteiger partial charge in [0.15, 0.2) is 0 Å². The normalized spacial score (nSPS) is 16.0. The number of carbonyl (C=O) groups is 1. The van der Waals surface area contributed by atoms with E-state index in [9.17, 15) is 9.59 Å². The van der Waals surface area contributed by atoms with Crippen LogP contribution in [0, 0.1) is 13.8 Å². The number of rotatable bonds is 6. The average Bonchev–Trinajstić information content (AvgIpc) is 2.81. The highest BCUT2D eigenvalue weighted by Crippen LogP contribution is 2.24. The molecule has 3 aromatic rings. The van der Waals surface area contributed by atoms with Crippen molar-refractivity contribution < 1.29 is 14.3 Å². The Hall–Kier alpha value is -3.52. The summed E-state index contributed by atoms with van der Waals surface area (Å²) in [6.07, 6.45) is 0.416. The van der Waals surface area contributed by atoms with Crippen LogP contribution in [-0.2, 0) is 22.5 Å². The van der Waals surface area contributed by atoms with Crippen LogP contribution >= 0.6 is 0 Å². The van der Waals surface area contributed by atoms with Gasteiger partial charge in [-0.1, -0.05) is 12.1 Å². The minimum Gasteiger partial charge on any atom is -0.497 e. The number of carbonyl (C=O) groups excluding carboxylic acids is 1. The SMILES string of the molecule is COc1cccc(Cc2cc(C)nc([C@H]3CN(C(=O)Cn4nc(C)ccc4=O)CCO3)c2)c1. The van der Waals surface area contributed by atoms with Crippen LogP contribution in [0.15, 0.2) is 53.3 Å². The van der Waals surface area contributed by atoms with Crippen LogP contribution in [0.3, 0.4) is 0 Å². The van der Waals surface area contributed by atoms with Crippen LogP contribution in [-0.4, -0.2) is 52.4 Å². The zero-order valence-corrected chi connectivity index (χ0v) is 19.2. The van der Waals surface area contributed by atoms with Gasteiger partial charge in [-0.3, -0.25) is 14.6 Å². The van der Waals surface area contributed by atoms with Gasteiger partial charge in [0.25, 0.3) is 5.56 Å². The van der Waals surface area contributed by atoms with E-state index in [2.05, 4.69) is 22.2 Å². The third-order valence-corrected chi connectivity index (χ3v) is 5.61. The Morgan fingerprint density at radius 3 is 2.79 bits per heavy atom. The molecule has 3 heterocycles. The standard InChI is InChI=1S/C25H28N4O4/c1-17-7-8-24(30)29(27-17)16-25(31)28-9-10-33-23(15-28)22-14-20(11-18(2)26-22)12-19-5-4-6-21(13-19)32-3/h4-8,11,13-14,23H,9-10,12,15-16H2,1-3H3/t23-/m1/s1. The van der Waals surface area contributed by atoms with Gasteiger partial charge in [-0.25, -0.2) is 4.68 Å². The molecule has 0 radical (unpaired) electrons. The van der Waals surface area contributed by atoms with E-state index in [1.165, 1.54) is 10.7 Å². The maximum Gasteiger partial charge on any atom is 0.267 e. The predicted molar refractivity (Wildman–Crippen MR) is 123 cm³/mol. The van der Waals surface area contributed by atoms with Crippen molar-refractivity contribution in [1.29, 1.82) is 0 Å². The van der Waals surface area contributed by atoms with E-state index >= 15 is 0 Å². The van der Waals surface area contributed by atoms with E-state index in [0.29, 0.717) is 25.4 Å². The first-order valence-electron chi connectivity index (χ1n) is 11.0. The molecule has 33 heavy (non-hydrogen) atoms. The molecule has 2 aromatic heterocycles. The van der Waals surface area contributed by atoms with Crippen molar-refractivity contribution in [2.24, 2.45) is 0 Å². The second-order valence-corrected chi connectivity index (χ2v) is 8.24. The highest BCUT2D eigenvalue weighted by molar-refractivity contribution is 5.76. The van der Waals surface area contributed by atoms with Gasteiger partial charge in [0.1, 0.15) is 18.4 Å². The third-order valence-electron chi connectivity index (χ3n) is 5.61. The number of benzene rings is 1. The summed E-state index contributed by atoms with van der Waals surface area (Å²) in [5.74, 6) is 0.665. The van der Waals surface area contributed by atoms with Crippen molar-refractivity contribution in [1.82, 2.24) is 19.7 Å². The molecule has 0 spiro atoms. The lowest BCUT2D eigenvalue weighted by Gasteiger charge is -2.33. The molecular formula is C25H28N4O4. The second-order valence-electron chi connectivity index (χ2n) is 8.24. The summed E-state index contributed by atoms with van der Waals surface area (Å²) < 4.78 is 12.5. The van der Waals surface area contributed by atoms with Crippen LogP contribution in [0.1, 0.15) is 34.3 Å². The van der Waals surface area contributed by atoms with Crippen molar-refractivity contribution >= 4 is 5.91 Å². The zero-order valence-electron chi connectivity index (χ0n) is 19.2. The Labute approximate surface area is 192 Å². The van der Waals surface area contributed by atoms with E-state index < -0.39 is 0 Å². The number of morpholine rings is 1. The molecule has 1 saturated heterocycles. The summed E-state index contributed by atoms with van der Waals surface area (Å²) in [7, 11) is 1.66. The number of aromatic nitrogens is 3. The van der Waals surface area contributed by atoms with Crippen LogP contribution in [0.25, 0.3) is 0 Å². The lowest BCUT2D eigenvalue weighted by Crippen LogP contribution is -2.45. The number of aryl methyl sites for hydroxylation is 2. The van der Waals surface area contributed by atoms with E-state index in [1.807, 2.05) is 31.2 Å². The lowest BCUT2D eigenvalue weighted by atomic mass is 10.0. The molecule has 8 heteroatoms. The van der Waals surface area contributed by atoms with Crippen molar-refractivity contribution in [3.8, 4) is 5.75 Å². The first-order chi connectivity index (χ1) is 15.9. The molecular weight excluding hydrogens is 420 g/mol. The molecule has 172 valence electrons. The van der Waals surface area contributed by atoms with Gasteiger partial charge in [0.2, 0.25) is 5.91 Å². The van der Waals surface area contributed by atoms with Gasteiger partial charge in [-0.15, -0.1) is 0 Å². The average molecular weight is 449 g/mol. The van der Waals surface area contributed by atoms with Gasteiger partial charge in [0.05, 0.1) is 31.6 Å². The Morgan fingerprint density at radius 1 is 1.12 bits per heavy atom. The smallest absolute Gasteiger partial charge is 0.267 e. The summed E-state index contributed by atoms with van der Waals surface area (Å²) >= 11 is 0. The van der Waals surface area contributed by atoms with Crippen molar-refractivity contribution in [2.45, 2.75) is 32.9 Å². The molecule has 4 rings (SSSR count). The molecule has 0 saturated carbocycles. The number of nitrogens with zero attached hydrogens (tertiary/aromatic N) is 4. The first-order valence-corrected chi connectivity index (χ1v) is 11.0. The zero-order chi connectivity index (χ0) is 23.4. The van der Waals surface area contributed by atoms with E-state index in [4.69, 9.17) is 9.47 Å². The summed E-state index contributed by atoms with van der Waals surface area (Å²) in [5.41, 5.74) is 4.36. The number of amides is 1. The molecule has 1 aromatic carbocycles. The summed E-state index contributed by atoms with van der Waals surface area (Å²) in [4.78, 5) is 31.3. The van der Waals surface area contributed by atoms with Gasteiger partial charge in [-0.05, 0) is 61.7 Å². The molecule has 0 N–H and O–H groups in total.